The number of aromatic hydroxyl groups is 4. The predicted octanol–water partition coefficient (Wildman–Crippen LogP) is 2.25. The van der Waals surface area contributed by atoms with Gasteiger partial charge in [0.25, 0.3) is 5.91 Å². The Morgan fingerprint density at radius 2 is 1.65 bits per heavy atom. The molecule has 1 atom stereocenters. The molecular weight excluding hydrogens is 396 g/mol. The van der Waals surface area contributed by atoms with Gasteiger partial charge in [-0.2, -0.15) is 0 Å². The highest BCUT2D eigenvalue weighted by Gasteiger charge is 2.34. The Bertz CT molecular complexity index is 922. The summed E-state index contributed by atoms with van der Waals surface area (Å²) in [5.74, 6) is -6.56. The fourth-order valence-corrected chi connectivity index (χ4v) is 3.02. The Hall–Kier alpha value is -2.78. The van der Waals surface area contributed by atoms with E-state index in [1.807, 2.05) is 0 Å². The molecule has 3 rings (SSSR count). The summed E-state index contributed by atoms with van der Waals surface area (Å²) in [6.07, 6.45) is -1.26. The van der Waals surface area contributed by atoms with E-state index in [1.165, 1.54) is 0 Å². The van der Waals surface area contributed by atoms with Gasteiger partial charge in [-0.15, -0.1) is 0 Å². The molecule has 0 aliphatic carbocycles. The molecule has 2 aromatic rings. The third kappa shape index (κ3) is 2.56. The fourth-order valence-electron chi connectivity index (χ4n) is 2.40. The summed E-state index contributed by atoms with van der Waals surface area (Å²) in [5, 5.41) is 38.0. The van der Waals surface area contributed by atoms with Crippen LogP contribution in [0, 0.1) is 5.82 Å². The van der Waals surface area contributed by atoms with Crippen LogP contribution in [0.5, 0.6) is 34.5 Å². The number of carbonyl (C=O) groups is 1. The molecule has 0 unspecified atom stereocenters. The van der Waals surface area contributed by atoms with Crippen LogP contribution < -0.4 is 15.2 Å². The molecule has 0 fully saturated rings. The van der Waals surface area contributed by atoms with Crippen molar-refractivity contribution in [3.63, 3.8) is 0 Å². The molecule has 11 heteroatoms. The molecule has 1 heterocycles. The van der Waals surface area contributed by atoms with Gasteiger partial charge in [0.05, 0.1) is 10.0 Å². The number of ether oxygens (including phenoxy) is 2. The maximum atomic E-state index is 14.1. The smallest absolute Gasteiger partial charge is 0.262 e. The number of primary amides is 1. The van der Waals surface area contributed by atoms with E-state index in [1.54, 1.807) is 0 Å². The van der Waals surface area contributed by atoms with Crippen molar-refractivity contribution in [2.45, 2.75) is 6.10 Å². The lowest BCUT2D eigenvalue weighted by Gasteiger charge is -2.27. The number of phenolic OH excluding ortho intramolecular Hbond substituents is 4. The van der Waals surface area contributed by atoms with E-state index in [4.69, 9.17) is 38.4 Å². The molecule has 0 spiro atoms. The fraction of sp³-hybridized carbons (Fsp3) is 0.133. The van der Waals surface area contributed by atoms with E-state index in [9.17, 15) is 29.6 Å². The first-order valence-electron chi connectivity index (χ1n) is 6.91. The van der Waals surface area contributed by atoms with Crippen LogP contribution in [0.25, 0.3) is 11.1 Å². The van der Waals surface area contributed by atoms with Crippen molar-refractivity contribution in [2.75, 3.05) is 6.61 Å². The zero-order valence-corrected chi connectivity index (χ0v) is 14.1. The number of carbonyl (C=O) groups excluding carboxylic acids is 1. The number of hydrogen-bond donors (Lipinski definition) is 5. The lowest BCUT2D eigenvalue weighted by Crippen LogP contribution is -2.41. The van der Waals surface area contributed by atoms with Gasteiger partial charge in [-0.1, -0.05) is 23.2 Å². The number of phenols is 4. The van der Waals surface area contributed by atoms with Crippen LogP contribution in [-0.2, 0) is 4.79 Å². The molecule has 1 aliphatic heterocycles. The van der Waals surface area contributed by atoms with Gasteiger partial charge in [0, 0.05) is 11.1 Å². The van der Waals surface area contributed by atoms with Crippen LogP contribution in [0.3, 0.4) is 0 Å². The number of benzene rings is 2. The summed E-state index contributed by atoms with van der Waals surface area (Å²) < 4.78 is 24.6. The van der Waals surface area contributed by atoms with Gasteiger partial charge in [-0.3, -0.25) is 4.79 Å². The van der Waals surface area contributed by atoms with Crippen molar-refractivity contribution in [1.29, 1.82) is 0 Å². The number of halogens is 3. The summed E-state index contributed by atoms with van der Waals surface area (Å²) >= 11 is 11.9. The number of amides is 1. The van der Waals surface area contributed by atoms with Crippen molar-refractivity contribution in [1.82, 2.24) is 0 Å². The zero-order valence-electron chi connectivity index (χ0n) is 12.6. The van der Waals surface area contributed by atoms with E-state index in [0.717, 1.165) is 6.07 Å². The second kappa shape index (κ2) is 6.19. The largest absolute Gasteiger partial charge is 0.503 e. The molecule has 26 heavy (non-hydrogen) atoms. The number of hydrogen-bond acceptors (Lipinski definition) is 7. The van der Waals surface area contributed by atoms with Crippen LogP contribution in [0.15, 0.2) is 6.07 Å². The molecular formula is C15H10Cl2FNO7. The van der Waals surface area contributed by atoms with Gasteiger partial charge in [-0.05, 0) is 6.07 Å². The minimum atomic E-state index is -1.26. The Kier molecular flexibility index (Phi) is 4.29. The molecule has 1 amide bonds. The molecule has 1 aliphatic rings. The first-order chi connectivity index (χ1) is 12.1. The zero-order chi connectivity index (χ0) is 19.3. The van der Waals surface area contributed by atoms with E-state index in [-0.39, 0.29) is 23.5 Å². The lowest BCUT2D eigenvalue weighted by molar-refractivity contribution is -0.127. The molecule has 8 nitrogen and oxygen atoms in total. The van der Waals surface area contributed by atoms with E-state index < -0.39 is 56.6 Å². The third-order valence-electron chi connectivity index (χ3n) is 3.69. The Morgan fingerprint density at radius 1 is 1.08 bits per heavy atom. The van der Waals surface area contributed by atoms with E-state index in [2.05, 4.69) is 0 Å². The normalized spacial score (nSPS) is 15.7. The molecule has 0 aromatic heterocycles. The monoisotopic (exact) mass is 405 g/mol. The highest BCUT2D eigenvalue weighted by Crippen LogP contribution is 2.56. The van der Waals surface area contributed by atoms with Crippen LogP contribution in [0.1, 0.15) is 0 Å². The van der Waals surface area contributed by atoms with Crippen molar-refractivity contribution in [3.8, 4) is 45.6 Å². The Morgan fingerprint density at radius 3 is 2.19 bits per heavy atom. The van der Waals surface area contributed by atoms with Crippen LogP contribution in [-0.4, -0.2) is 39.0 Å². The second-order valence-corrected chi connectivity index (χ2v) is 6.04. The molecule has 6 N–H and O–H groups in total. The van der Waals surface area contributed by atoms with Gasteiger partial charge in [-0.25, -0.2) is 4.39 Å². The summed E-state index contributed by atoms with van der Waals surface area (Å²) in [6, 6.07) is 0.740. The molecule has 0 saturated heterocycles. The Labute approximate surface area is 154 Å². The molecule has 0 radical (unpaired) electrons. The van der Waals surface area contributed by atoms with Crippen LogP contribution in [0.2, 0.25) is 10.0 Å². The summed E-state index contributed by atoms with van der Waals surface area (Å²) in [7, 11) is 0. The highest BCUT2D eigenvalue weighted by atomic mass is 35.5. The van der Waals surface area contributed by atoms with Crippen molar-refractivity contribution < 1.29 is 39.1 Å². The third-order valence-corrected chi connectivity index (χ3v) is 4.43. The molecule has 138 valence electrons. The first-order valence-corrected chi connectivity index (χ1v) is 7.67. The van der Waals surface area contributed by atoms with Gasteiger partial charge >= 0.3 is 0 Å². The van der Waals surface area contributed by atoms with Crippen molar-refractivity contribution in [2.24, 2.45) is 5.73 Å². The summed E-state index contributed by atoms with van der Waals surface area (Å²) in [5.41, 5.74) is 4.57. The standard InChI is InChI=1S/C15H10Cl2FNO7/c16-7-6(8(17)11(22)12(23)10(7)21)3-1-4(18)9(20)14-13(3)26-5(2-25-14)15(19)24/h1,5,20-23H,2H2,(H2,19,24)/t5-/m1/s1. The van der Waals surface area contributed by atoms with Crippen LogP contribution >= 0.6 is 23.2 Å². The van der Waals surface area contributed by atoms with Gasteiger partial charge < -0.3 is 35.6 Å². The molecule has 0 bridgehead atoms. The number of fused-ring (bicyclic) bond motifs is 1. The number of rotatable bonds is 2. The average molecular weight is 406 g/mol. The van der Waals surface area contributed by atoms with Gasteiger partial charge in [0.15, 0.2) is 28.8 Å². The SMILES string of the molecule is NC(=O)[C@H]1COc2c(O)c(F)cc(-c3c(Cl)c(O)c(O)c(O)c3Cl)c2O1. The Balaban J connectivity index is 2.35. The minimum absolute atomic E-state index is 0.262. The van der Waals surface area contributed by atoms with Gasteiger partial charge in [0.1, 0.15) is 6.61 Å². The lowest BCUT2D eigenvalue weighted by atomic mass is 10.0. The van der Waals surface area contributed by atoms with E-state index in [0.29, 0.717) is 0 Å². The first kappa shape index (κ1) is 18.0. The van der Waals surface area contributed by atoms with Crippen LogP contribution in [0.4, 0.5) is 4.39 Å². The number of nitrogens with two attached hydrogens (primary N) is 1. The second-order valence-electron chi connectivity index (χ2n) is 5.28. The predicted molar refractivity (Wildman–Crippen MR) is 87.6 cm³/mol. The summed E-state index contributed by atoms with van der Waals surface area (Å²) in [4.78, 5) is 11.4. The average Bonchev–Trinajstić information content (AvgIpc) is 2.62. The molecule has 0 saturated carbocycles. The maximum absolute atomic E-state index is 14.1. The van der Waals surface area contributed by atoms with E-state index >= 15 is 0 Å². The molecule has 2 aromatic carbocycles. The minimum Gasteiger partial charge on any atom is -0.503 e. The quantitative estimate of drug-likeness (QED) is 0.482. The maximum Gasteiger partial charge on any atom is 0.262 e. The topological polar surface area (TPSA) is 142 Å². The van der Waals surface area contributed by atoms with Gasteiger partial charge in [0.2, 0.25) is 17.6 Å². The van der Waals surface area contributed by atoms with Crippen molar-refractivity contribution in [3.05, 3.63) is 21.9 Å². The highest BCUT2D eigenvalue weighted by molar-refractivity contribution is 6.41. The summed E-state index contributed by atoms with van der Waals surface area (Å²) in [6.45, 7) is -0.383. The van der Waals surface area contributed by atoms with Crippen molar-refractivity contribution >= 4 is 29.1 Å².